The van der Waals surface area contributed by atoms with Crippen molar-refractivity contribution < 1.29 is 0 Å². The molecule has 0 amide bonds. The fraction of sp³-hybridized carbons (Fsp3) is 0.375. The lowest BCUT2D eigenvalue weighted by molar-refractivity contribution is 0.677. The summed E-state index contributed by atoms with van der Waals surface area (Å²) in [7, 11) is 0. The second-order valence-corrected chi connectivity index (χ2v) is 10.5. The molecule has 0 saturated heterocycles. The van der Waals surface area contributed by atoms with E-state index in [0.717, 1.165) is 12.1 Å². The highest BCUT2D eigenvalue weighted by molar-refractivity contribution is 14.1. The summed E-state index contributed by atoms with van der Waals surface area (Å²) >= 11 is 4.94. The molecular formula is C24H24I2N2. The van der Waals surface area contributed by atoms with Gasteiger partial charge >= 0.3 is 0 Å². The fourth-order valence-corrected chi connectivity index (χ4v) is 6.40. The molecule has 0 bridgehead atoms. The zero-order valence-corrected chi connectivity index (χ0v) is 20.5. The zero-order valence-electron chi connectivity index (χ0n) is 16.2. The number of nitrogens with zero attached hydrogens (tertiary/aromatic N) is 1. The number of benzene rings is 1. The van der Waals surface area contributed by atoms with E-state index in [1.807, 2.05) is 0 Å². The second kappa shape index (κ2) is 7.74. The average molecular weight is 594 g/mol. The number of aryl methyl sites for hydroxylation is 2. The molecule has 1 aromatic carbocycles. The van der Waals surface area contributed by atoms with Crippen LogP contribution in [-0.2, 0) is 12.8 Å². The predicted molar refractivity (Wildman–Crippen MR) is 134 cm³/mol. The third-order valence-electron chi connectivity index (χ3n) is 6.26. The highest BCUT2D eigenvalue weighted by Crippen LogP contribution is 2.38. The van der Waals surface area contributed by atoms with Crippen LogP contribution in [0, 0.1) is 14.1 Å². The summed E-state index contributed by atoms with van der Waals surface area (Å²) in [6.45, 7) is 2.21. The summed E-state index contributed by atoms with van der Waals surface area (Å²) in [6.07, 6.45) is 12.2. The Hall–Kier alpha value is -0.890. The lowest BCUT2D eigenvalue weighted by Crippen LogP contribution is -2.05. The van der Waals surface area contributed by atoms with Crippen molar-refractivity contribution >= 4 is 56.5 Å². The number of nitrogens with one attached hydrogen (secondary N) is 1. The minimum absolute atomic E-state index is 1.13. The normalized spacial score (nSPS) is 20.4. The van der Waals surface area contributed by atoms with Crippen LogP contribution < -0.4 is 0 Å². The molecule has 1 saturated carbocycles. The molecule has 0 radical (unpaired) electrons. The molecule has 1 aromatic heterocycles. The Bertz CT molecular complexity index is 982. The van der Waals surface area contributed by atoms with Crippen molar-refractivity contribution in [2.24, 2.45) is 4.99 Å². The van der Waals surface area contributed by atoms with E-state index >= 15 is 0 Å². The predicted octanol–water partition coefficient (Wildman–Crippen LogP) is 7.13. The number of halogens is 2. The van der Waals surface area contributed by atoms with Crippen LogP contribution in [-0.4, -0.2) is 10.7 Å². The SMILES string of the molecule is Cc1c(I)cc(/C(=C2\C=C3CCCCC3=N2)c2cc3c([nH]2)CCCC3)cc1I. The van der Waals surface area contributed by atoms with Crippen LogP contribution in [0.3, 0.4) is 0 Å². The van der Waals surface area contributed by atoms with Gasteiger partial charge in [-0.2, -0.15) is 0 Å². The van der Waals surface area contributed by atoms with Gasteiger partial charge < -0.3 is 4.98 Å². The van der Waals surface area contributed by atoms with Crippen molar-refractivity contribution in [2.45, 2.75) is 58.3 Å². The minimum atomic E-state index is 1.13. The summed E-state index contributed by atoms with van der Waals surface area (Å²) < 4.78 is 2.65. The largest absolute Gasteiger partial charge is 0.358 e. The highest BCUT2D eigenvalue weighted by Gasteiger charge is 2.24. The minimum Gasteiger partial charge on any atom is -0.358 e. The van der Waals surface area contributed by atoms with E-state index in [9.17, 15) is 0 Å². The van der Waals surface area contributed by atoms with E-state index in [4.69, 9.17) is 4.99 Å². The Balaban J connectivity index is 1.72. The van der Waals surface area contributed by atoms with Crippen LogP contribution in [0.5, 0.6) is 0 Å². The van der Waals surface area contributed by atoms with Gasteiger partial charge in [0.2, 0.25) is 0 Å². The van der Waals surface area contributed by atoms with Gasteiger partial charge in [-0.05, 0) is 150 Å². The molecule has 0 atom stereocenters. The van der Waals surface area contributed by atoms with Crippen molar-refractivity contribution in [3.63, 3.8) is 0 Å². The number of aromatic amines is 1. The molecule has 1 N–H and O–H groups in total. The van der Waals surface area contributed by atoms with Crippen LogP contribution in [0.4, 0.5) is 0 Å². The summed E-state index contributed by atoms with van der Waals surface area (Å²) in [5.41, 5.74) is 12.1. The Labute approximate surface area is 194 Å². The first-order valence-electron chi connectivity index (χ1n) is 10.3. The molecule has 144 valence electrons. The summed E-state index contributed by atoms with van der Waals surface area (Å²) in [4.78, 5) is 8.91. The lowest BCUT2D eigenvalue weighted by Gasteiger charge is -2.12. The highest BCUT2D eigenvalue weighted by atomic mass is 127. The molecule has 2 nitrogen and oxygen atoms in total. The molecule has 1 aliphatic heterocycles. The molecule has 1 fully saturated rings. The van der Waals surface area contributed by atoms with E-state index in [2.05, 4.69) is 81.4 Å². The standard InChI is InChI=1S/C24H24I2N2/c1-14-18(25)10-17(11-19(14)26)24(22-12-15-6-2-4-8-20(15)27-22)23-13-16-7-3-5-9-21(16)28-23/h10-13,27H,2-9H2,1H3/b24-23-. The monoisotopic (exact) mass is 594 g/mol. The Morgan fingerprint density at radius 2 is 1.64 bits per heavy atom. The Morgan fingerprint density at radius 3 is 2.39 bits per heavy atom. The summed E-state index contributed by atoms with van der Waals surface area (Å²) in [5.74, 6) is 0. The number of aromatic nitrogens is 1. The van der Waals surface area contributed by atoms with Crippen LogP contribution >= 0.6 is 45.2 Å². The van der Waals surface area contributed by atoms with Crippen LogP contribution in [0.1, 0.15) is 66.6 Å². The number of H-pyrrole nitrogens is 1. The number of fused-ring (bicyclic) bond motifs is 2. The molecule has 5 rings (SSSR count). The molecule has 0 unspecified atom stereocenters. The van der Waals surface area contributed by atoms with Gasteiger partial charge in [0.15, 0.2) is 0 Å². The van der Waals surface area contributed by atoms with Gasteiger partial charge in [-0.15, -0.1) is 0 Å². The van der Waals surface area contributed by atoms with E-state index in [1.54, 1.807) is 0 Å². The molecule has 4 heteroatoms. The molecule has 2 heterocycles. The third kappa shape index (κ3) is 3.44. The van der Waals surface area contributed by atoms with Gasteiger partial charge in [0.25, 0.3) is 0 Å². The number of hydrogen-bond donors (Lipinski definition) is 1. The molecule has 28 heavy (non-hydrogen) atoms. The molecule has 3 aliphatic rings. The maximum atomic E-state index is 5.13. The van der Waals surface area contributed by atoms with E-state index in [1.165, 1.54) is 97.0 Å². The molecule has 2 aromatic rings. The van der Waals surface area contributed by atoms with Crippen LogP contribution in [0.2, 0.25) is 0 Å². The number of hydrogen-bond acceptors (Lipinski definition) is 1. The van der Waals surface area contributed by atoms with E-state index < -0.39 is 0 Å². The van der Waals surface area contributed by atoms with Gasteiger partial charge in [-0.3, -0.25) is 4.99 Å². The second-order valence-electron chi connectivity index (χ2n) is 8.15. The Kier molecular flexibility index (Phi) is 5.28. The smallest absolute Gasteiger partial charge is 0.0735 e. The summed E-state index contributed by atoms with van der Waals surface area (Å²) in [5, 5.41) is 0. The van der Waals surface area contributed by atoms with Crippen molar-refractivity contribution in [1.82, 2.24) is 4.98 Å². The molecular weight excluding hydrogens is 570 g/mol. The first-order valence-corrected chi connectivity index (χ1v) is 12.5. The first-order chi connectivity index (χ1) is 13.6. The van der Waals surface area contributed by atoms with Gasteiger partial charge in [0.1, 0.15) is 0 Å². The maximum absolute atomic E-state index is 5.13. The zero-order chi connectivity index (χ0) is 19.3. The summed E-state index contributed by atoms with van der Waals surface area (Å²) in [6, 6.07) is 7.07. The van der Waals surface area contributed by atoms with Crippen molar-refractivity contribution in [3.05, 3.63) is 70.8 Å². The maximum Gasteiger partial charge on any atom is 0.0735 e. The van der Waals surface area contributed by atoms with Gasteiger partial charge in [-0.1, -0.05) is 0 Å². The number of aliphatic imine (C=N–C) groups is 1. The fourth-order valence-electron chi connectivity index (χ4n) is 4.64. The topological polar surface area (TPSA) is 28.1 Å². The van der Waals surface area contributed by atoms with Gasteiger partial charge in [0, 0.05) is 29.8 Å². The van der Waals surface area contributed by atoms with E-state index in [-0.39, 0.29) is 0 Å². The number of allylic oxidation sites excluding steroid dienone is 2. The number of rotatable bonds is 2. The lowest BCUT2D eigenvalue weighted by atomic mass is 9.93. The quantitative estimate of drug-likeness (QED) is 0.359. The van der Waals surface area contributed by atoms with Gasteiger partial charge in [-0.25, -0.2) is 0 Å². The van der Waals surface area contributed by atoms with E-state index in [0.29, 0.717) is 0 Å². The van der Waals surface area contributed by atoms with Crippen molar-refractivity contribution in [3.8, 4) is 0 Å². The third-order valence-corrected chi connectivity index (χ3v) is 8.50. The van der Waals surface area contributed by atoms with Crippen LogP contribution in [0.15, 0.2) is 40.5 Å². The van der Waals surface area contributed by atoms with Crippen molar-refractivity contribution in [1.29, 1.82) is 0 Å². The average Bonchev–Trinajstić information content (AvgIpc) is 3.30. The first kappa shape index (κ1) is 19.1. The van der Waals surface area contributed by atoms with Gasteiger partial charge in [0.05, 0.1) is 5.70 Å². The molecule has 2 aliphatic carbocycles. The van der Waals surface area contributed by atoms with Crippen LogP contribution in [0.25, 0.3) is 5.57 Å². The Morgan fingerprint density at radius 1 is 0.929 bits per heavy atom. The molecule has 0 spiro atoms. The van der Waals surface area contributed by atoms with Crippen molar-refractivity contribution in [2.75, 3.05) is 0 Å².